The van der Waals surface area contributed by atoms with Gasteiger partial charge in [-0.05, 0) is 44.0 Å². The largest absolute Gasteiger partial charge is 0.396 e. The fraction of sp³-hybridized carbons (Fsp3) is 0.571. The zero-order chi connectivity index (χ0) is 13.1. The quantitative estimate of drug-likeness (QED) is 0.882. The van der Waals surface area contributed by atoms with Gasteiger partial charge < -0.3 is 15.3 Å². The molecule has 0 saturated carbocycles. The minimum absolute atomic E-state index is 0.236. The van der Waals surface area contributed by atoms with Crippen LogP contribution >= 0.6 is 11.6 Å². The van der Waals surface area contributed by atoms with Gasteiger partial charge >= 0.3 is 0 Å². The maximum Gasteiger partial charge on any atom is 0.0446 e. The van der Waals surface area contributed by atoms with Crippen LogP contribution in [0.5, 0.6) is 0 Å². The van der Waals surface area contributed by atoms with Crippen LogP contribution < -0.4 is 10.2 Å². The highest BCUT2D eigenvalue weighted by molar-refractivity contribution is 6.30. The van der Waals surface area contributed by atoms with Crippen LogP contribution in [0, 0.1) is 6.92 Å². The Balaban J connectivity index is 2.18. The summed E-state index contributed by atoms with van der Waals surface area (Å²) in [7, 11) is 0. The smallest absolute Gasteiger partial charge is 0.0446 e. The number of halogens is 1. The summed E-state index contributed by atoms with van der Waals surface area (Å²) in [5.41, 5.74) is 2.45. The number of nitrogens with zero attached hydrogens (tertiary/aromatic N) is 1. The molecule has 1 saturated heterocycles. The molecule has 0 aliphatic carbocycles. The van der Waals surface area contributed by atoms with E-state index in [0.29, 0.717) is 12.1 Å². The Labute approximate surface area is 114 Å². The summed E-state index contributed by atoms with van der Waals surface area (Å²) in [6, 6.07) is 6.86. The zero-order valence-corrected chi connectivity index (χ0v) is 11.7. The van der Waals surface area contributed by atoms with Gasteiger partial charge in [-0.3, -0.25) is 0 Å². The first-order valence-electron chi connectivity index (χ1n) is 6.49. The Kier molecular flexibility index (Phi) is 4.49. The van der Waals surface area contributed by atoms with Crippen molar-refractivity contribution in [3.8, 4) is 0 Å². The third kappa shape index (κ3) is 2.97. The van der Waals surface area contributed by atoms with Gasteiger partial charge in [0.1, 0.15) is 0 Å². The van der Waals surface area contributed by atoms with Crippen LogP contribution in [-0.4, -0.2) is 36.9 Å². The van der Waals surface area contributed by atoms with Gasteiger partial charge in [0.25, 0.3) is 0 Å². The van der Waals surface area contributed by atoms with E-state index >= 15 is 0 Å². The molecule has 0 radical (unpaired) electrons. The second kappa shape index (κ2) is 5.91. The van der Waals surface area contributed by atoms with Crippen LogP contribution in [0.1, 0.15) is 18.9 Å². The summed E-state index contributed by atoms with van der Waals surface area (Å²) in [6.07, 6.45) is 0.801. The lowest BCUT2D eigenvalue weighted by Crippen LogP contribution is -2.56. The summed E-state index contributed by atoms with van der Waals surface area (Å²) >= 11 is 6.01. The van der Waals surface area contributed by atoms with Crippen LogP contribution in [0.25, 0.3) is 0 Å². The third-order valence-corrected chi connectivity index (χ3v) is 3.83. The van der Waals surface area contributed by atoms with Crippen LogP contribution in [0.2, 0.25) is 5.02 Å². The fourth-order valence-corrected chi connectivity index (χ4v) is 2.78. The average Bonchev–Trinajstić information content (AvgIpc) is 2.33. The van der Waals surface area contributed by atoms with Gasteiger partial charge in [0, 0.05) is 42.5 Å². The van der Waals surface area contributed by atoms with Gasteiger partial charge in [-0.15, -0.1) is 0 Å². The Bertz CT molecular complexity index is 411. The number of aliphatic hydroxyl groups excluding tert-OH is 1. The van der Waals surface area contributed by atoms with E-state index in [2.05, 4.69) is 30.1 Å². The van der Waals surface area contributed by atoms with E-state index in [-0.39, 0.29) is 6.61 Å². The molecule has 2 rings (SSSR count). The zero-order valence-electron chi connectivity index (χ0n) is 11.0. The summed E-state index contributed by atoms with van der Waals surface area (Å²) in [5, 5.41) is 13.3. The molecule has 3 nitrogen and oxygen atoms in total. The van der Waals surface area contributed by atoms with Crippen molar-refractivity contribution in [2.75, 3.05) is 24.6 Å². The predicted molar refractivity (Wildman–Crippen MR) is 76.5 cm³/mol. The van der Waals surface area contributed by atoms with Gasteiger partial charge in [-0.25, -0.2) is 0 Å². The molecule has 1 aliphatic heterocycles. The van der Waals surface area contributed by atoms with E-state index in [4.69, 9.17) is 16.7 Å². The molecule has 1 fully saturated rings. The van der Waals surface area contributed by atoms with Gasteiger partial charge in [0.2, 0.25) is 0 Å². The van der Waals surface area contributed by atoms with Gasteiger partial charge in [0.05, 0.1) is 0 Å². The molecule has 0 amide bonds. The van der Waals surface area contributed by atoms with Gasteiger partial charge in [-0.1, -0.05) is 11.6 Å². The molecule has 100 valence electrons. The Hall–Kier alpha value is -0.770. The van der Waals surface area contributed by atoms with Crippen LogP contribution in [0.3, 0.4) is 0 Å². The SMILES string of the molecule is Cc1cc(Cl)ccc1N1CC(CCO)NCC1C. The molecule has 0 aromatic heterocycles. The first-order valence-corrected chi connectivity index (χ1v) is 6.86. The molecule has 2 N–H and O–H groups in total. The molecule has 2 atom stereocenters. The number of rotatable bonds is 3. The number of anilines is 1. The first kappa shape index (κ1) is 13.7. The van der Waals surface area contributed by atoms with Gasteiger partial charge in [-0.2, -0.15) is 0 Å². The number of hydrogen-bond acceptors (Lipinski definition) is 3. The normalized spacial score (nSPS) is 24.3. The summed E-state index contributed by atoms with van der Waals surface area (Å²) < 4.78 is 0. The Morgan fingerprint density at radius 2 is 2.28 bits per heavy atom. The van der Waals surface area contributed by atoms with Crippen molar-refractivity contribution in [3.05, 3.63) is 28.8 Å². The van der Waals surface area contributed by atoms with E-state index < -0.39 is 0 Å². The number of benzene rings is 1. The highest BCUT2D eigenvalue weighted by Crippen LogP contribution is 2.26. The summed E-state index contributed by atoms with van der Waals surface area (Å²) in [4.78, 5) is 2.41. The number of nitrogens with one attached hydrogen (secondary N) is 1. The predicted octanol–water partition coefficient (Wildman–Crippen LogP) is 2.20. The lowest BCUT2D eigenvalue weighted by Gasteiger charge is -2.41. The second-order valence-corrected chi connectivity index (χ2v) is 5.49. The number of piperazine rings is 1. The molecule has 1 aromatic carbocycles. The highest BCUT2D eigenvalue weighted by atomic mass is 35.5. The minimum Gasteiger partial charge on any atom is -0.396 e. The van der Waals surface area contributed by atoms with Crippen LogP contribution in [0.15, 0.2) is 18.2 Å². The lowest BCUT2D eigenvalue weighted by atomic mass is 10.0. The average molecular weight is 269 g/mol. The van der Waals surface area contributed by atoms with Crippen molar-refractivity contribution >= 4 is 17.3 Å². The minimum atomic E-state index is 0.236. The molecular weight excluding hydrogens is 248 g/mol. The molecule has 2 unspecified atom stereocenters. The number of hydrogen-bond donors (Lipinski definition) is 2. The third-order valence-electron chi connectivity index (χ3n) is 3.60. The topological polar surface area (TPSA) is 35.5 Å². The lowest BCUT2D eigenvalue weighted by molar-refractivity contribution is 0.254. The van der Waals surface area contributed by atoms with E-state index in [0.717, 1.165) is 24.5 Å². The molecule has 0 bridgehead atoms. The van der Waals surface area contributed by atoms with Crippen LogP contribution in [0.4, 0.5) is 5.69 Å². The monoisotopic (exact) mass is 268 g/mol. The molecule has 18 heavy (non-hydrogen) atoms. The van der Waals surface area contributed by atoms with E-state index in [1.807, 2.05) is 12.1 Å². The van der Waals surface area contributed by atoms with Crippen molar-refractivity contribution < 1.29 is 5.11 Å². The number of aryl methyl sites for hydroxylation is 1. The molecule has 1 aromatic rings. The molecule has 4 heteroatoms. The van der Waals surface area contributed by atoms with E-state index in [1.54, 1.807) is 0 Å². The highest BCUT2D eigenvalue weighted by Gasteiger charge is 2.25. The fourth-order valence-electron chi connectivity index (χ4n) is 2.56. The molecule has 1 aliphatic rings. The molecular formula is C14H21ClN2O. The summed E-state index contributed by atoms with van der Waals surface area (Å²) in [5.74, 6) is 0. The van der Waals surface area contributed by atoms with Crippen molar-refractivity contribution in [3.63, 3.8) is 0 Å². The summed E-state index contributed by atoms with van der Waals surface area (Å²) in [6.45, 7) is 6.43. The maximum atomic E-state index is 9.06. The standard InChI is InChI=1S/C14H21ClN2O/c1-10-7-12(15)3-4-14(10)17-9-13(5-6-18)16-8-11(17)2/h3-4,7,11,13,16,18H,5-6,8-9H2,1-2H3. The van der Waals surface area contributed by atoms with Crippen molar-refractivity contribution in [1.82, 2.24) is 5.32 Å². The molecule has 0 spiro atoms. The molecule has 1 heterocycles. The van der Waals surface area contributed by atoms with E-state index in [9.17, 15) is 0 Å². The van der Waals surface area contributed by atoms with Crippen molar-refractivity contribution in [2.24, 2.45) is 0 Å². The second-order valence-electron chi connectivity index (χ2n) is 5.05. The first-order chi connectivity index (χ1) is 8.61. The van der Waals surface area contributed by atoms with Crippen LogP contribution in [-0.2, 0) is 0 Å². The Morgan fingerprint density at radius 1 is 1.50 bits per heavy atom. The van der Waals surface area contributed by atoms with Crippen molar-refractivity contribution in [1.29, 1.82) is 0 Å². The number of aliphatic hydroxyl groups is 1. The van der Waals surface area contributed by atoms with Crippen molar-refractivity contribution in [2.45, 2.75) is 32.4 Å². The van der Waals surface area contributed by atoms with E-state index in [1.165, 1.54) is 11.3 Å². The maximum absolute atomic E-state index is 9.06. The Morgan fingerprint density at radius 3 is 2.94 bits per heavy atom. The van der Waals surface area contributed by atoms with Gasteiger partial charge in [0.15, 0.2) is 0 Å².